The summed E-state index contributed by atoms with van der Waals surface area (Å²) < 4.78 is 34.2. The topological polar surface area (TPSA) is 110 Å². The normalized spacial score (nSPS) is 13.3. The summed E-state index contributed by atoms with van der Waals surface area (Å²) in [7, 11) is -3.99. The lowest BCUT2D eigenvalue weighted by molar-refractivity contribution is 0.0526. The smallest absolute Gasteiger partial charge is 0.341 e. The van der Waals surface area contributed by atoms with Crippen LogP contribution < -0.4 is 10.0 Å². The van der Waals surface area contributed by atoms with Crippen LogP contribution in [0.4, 0.5) is 16.6 Å². The Morgan fingerprint density at radius 2 is 1.69 bits per heavy atom. The molecule has 5 rings (SSSR count). The van der Waals surface area contributed by atoms with E-state index >= 15 is 0 Å². The number of nitrogens with one attached hydrogen (secondary N) is 2. The maximum Gasteiger partial charge on any atom is 0.341 e. The Kier molecular flexibility index (Phi) is 6.83. The predicted molar refractivity (Wildman–Crippen MR) is 142 cm³/mol. The van der Waals surface area contributed by atoms with Crippen molar-refractivity contribution in [3.05, 3.63) is 69.6 Å². The Morgan fingerprint density at radius 1 is 1.03 bits per heavy atom. The molecule has 1 aliphatic carbocycles. The number of nitrogens with zero attached hydrogens (tertiary/aromatic N) is 2. The fourth-order valence-electron chi connectivity index (χ4n) is 4.14. The summed E-state index contributed by atoms with van der Waals surface area (Å²) in [6.07, 6.45) is 3.73. The van der Waals surface area contributed by atoms with Gasteiger partial charge in [-0.15, -0.1) is 11.3 Å². The van der Waals surface area contributed by atoms with Crippen LogP contribution in [0, 0.1) is 0 Å². The maximum absolute atomic E-state index is 13.2. The minimum absolute atomic E-state index is 0.0184. The third-order valence-electron chi connectivity index (χ3n) is 5.81. The number of thiophene rings is 1. The number of aromatic nitrogens is 2. The SMILES string of the molecule is CCOC(=O)c1c(Nc2nc3ccccc3nc2NS(=O)(=O)c2ccc(Cl)cc2)sc2c1CCCC2. The molecule has 0 saturated carbocycles. The zero-order chi connectivity index (χ0) is 25.3. The average molecular weight is 543 g/mol. The number of aryl methyl sites for hydroxylation is 1. The molecule has 0 fully saturated rings. The number of carbonyl (C=O) groups is 1. The average Bonchev–Trinajstić information content (AvgIpc) is 3.22. The molecule has 11 heteroatoms. The van der Waals surface area contributed by atoms with E-state index in [-0.39, 0.29) is 23.1 Å². The third-order valence-corrected chi connectivity index (χ3v) is 8.62. The van der Waals surface area contributed by atoms with E-state index in [1.165, 1.54) is 35.6 Å². The van der Waals surface area contributed by atoms with Gasteiger partial charge < -0.3 is 10.1 Å². The number of anilines is 3. The fourth-order valence-corrected chi connectivity index (χ4v) is 6.55. The fraction of sp³-hybridized carbons (Fsp3) is 0.240. The standard InChI is InChI=1S/C25H23ClN4O4S2/c1-2-34-25(31)21-17-7-3-6-10-20(17)35-24(21)29-22-23(28-19-9-5-4-8-18(19)27-22)30-36(32,33)16-13-11-15(26)12-14-16/h4-5,8-9,11-14H,2-3,6-7,10H2,1H3,(H,27,29)(H,28,30). The summed E-state index contributed by atoms with van der Waals surface area (Å²) in [5.74, 6) is -0.198. The van der Waals surface area contributed by atoms with Crippen molar-refractivity contribution in [2.75, 3.05) is 16.6 Å². The number of fused-ring (bicyclic) bond motifs is 2. The van der Waals surface area contributed by atoms with E-state index in [1.807, 2.05) is 6.07 Å². The molecule has 0 spiro atoms. The number of hydrogen-bond donors (Lipinski definition) is 2. The van der Waals surface area contributed by atoms with Gasteiger partial charge >= 0.3 is 5.97 Å². The van der Waals surface area contributed by atoms with Crippen molar-refractivity contribution in [2.45, 2.75) is 37.5 Å². The number of halogens is 1. The quantitative estimate of drug-likeness (QED) is 0.278. The van der Waals surface area contributed by atoms with Gasteiger partial charge in [0, 0.05) is 9.90 Å². The second-order valence-electron chi connectivity index (χ2n) is 8.23. The number of hydrogen-bond acceptors (Lipinski definition) is 8. The van der Waals surface area contributed by atoms with Crippen LogP contribution in [-0.4, -0.2) is 31.0 Å². The molecule has 8 nitrogen and oxygen atoms in total. The maximum atomic E-state index is 13.2. The second-order valence-corrected chi connectivity index (χ2v) is 11.5. The second kappa shape index (κ2) is 10.0. The lowest BCUT2D eigenvalue weighted by atomic mass is 9.95. The first-order valence-electron chi connectivity index (χ1n) is 11.5. The summed E-state index contributed by atoms with van der Waals surface area (Å²) in [4.78, 5) is 23.3. The molecular weight excluding hydrogens is 520 g/mol. The molecule has 0 unspecified atom stereocenters. The zero-order valence-corrected chi connectivity index (χ0v) is 21.8. The molecule has 0 aliphatic heterocycles. The van der Waals surface area contributed by atoms with Crippen LogP contribution in [-0.2, 0) is 27.6 Å². The van der Waals surface area contributed by atoms with Gasteiger partial charge in [-0.2, -0.15) is 0 Å². The predicted octanol–water partition coefficient (Wildman–Crippen LogP) is 5.94. The van der Waals surface area contributed by atoms with E-state index in [9.17, 15) is 13.2 Å². The summed E-state index contributed by atoms with van der Waals surface area (Å²) in [5.41, 5.74) is 2.57. The molecule has 36 heavy (non-hydrogen) atoms. The van der Waals surface area contributed by atoms with Gasteiger partial charge in [0.1, 0.15) is 5.00 Å². The van der Waals surface area contributed by atoms with E-state index in [2.05, 4.69) is 20.0 Å². The first-order valence-corrected chi connectivity index (χ1v) is 14.2. The Hall–Kier alpha value is -3.21. The summed E-state index contributed by atoms with van der Waals surface area (Å²) in [5, 5.41) is 4.20. The van der Waals surface area contributed by atoms with Gasteiger partial charge in [-0.1, -0.05) is 23.7 Å². The number of para-hydroxylation sites is 2. The van der Waals surface area contributed by atoms with Crippen molar-refractivity contribution in [3.8, 4) is 0 Å². The summed E-state index contributed by atoms with van der Waals surface area (Å²) >= 11 is 7.39. The van der Waals surface area contributed by atoms with Gasteiger partial charge in [0.2, 0.25) is 0 Å². The molecule has 0 radical (unpaired) electrons. The largest absolute Gasteiger partial charge is 0.462 e. The van der Waals surface area contributed by atoms with E-state index in [4.69, 9.17) is 16.3 Å². The molecule has 2 aromatic heterocycles. The van der Waals surface area contributed by atoms with Crippen molar-refractivity contribution < 1.29 is 17.9 Å². The molecule has 2 heterocycles. The Balaban J connectivity index is 1.60. The highest BCUT2D eigenvalue weighted by molar-refractivity contribution is 7.92. The van der Waals surface area contributed by atoms with Crippen molar-refractivity contribution in [1.29, 1.82) is 0 Å². The van der Waals surface area contributed by atoms with Gasteiger partial charge in [0.05, 0.1) is 28.1 Å². The van der Waals surface area contributed by atoms with Crippen LogP contribution >= 0.6 is 22.9 Å². The van der Waals surface area contributed by atoms with Crippen molar-refractivity contribution in [3.63, 3.8) is 0 Å². The number of benzene rings is 2. The van der Waals surface area contributed by atoms with Crippen LogP contribution in [0.15, 0.2) is 53.4 Å². The van der Waals surface area contributed by atoms with Crippen molar-refractivity contribution >= 4 is 66.6 Å². The van der Waals surface area contributed by atoms with Crippen LogP contribution in [0.1, 0.15) is 40.6 Å². The monoisotopic (exact) mass is 542 g/mol. The molecule has 2 N–H and O–H groups in total. The molecule has 186 valence electrons. The Bertz CT molecular complexity index is 1550. The first kappa shape index (κ1) is 24.5. The molecule has 0 bridgehead atoms. The third kappa shape index (κ3) is 4.88. The molecule has 0 atom stereocenters. The molecule has 1 aliphatic rings. The number of ether oxygens (including phenoxy) is 1. The van der Waals surface area contributed by atoms with E-state index in [0.29, 0.717) is 26.6 Å². The van der Waals surface area contributed by atoms with Gasteiger partial charge in [-0.3, -0.25) is 4.72 Å². The van der Waals surface area contributed by atoms with Crippen molar-refractivity contribution in [1.82, 2.24) is 9.97 Å². The molecular formula is C25H23ClN4O4S2. The summed E-state index contributed by atoms with van der Waals surface area (Å²) in [6.45, 7) is 2.02. The Labute approximate surface area is 217 Å². The van der Waals surface area contributed by atoms with Gasteiger partial charge in [0.15, 0.2) is 11.6 Å². The van der Waals surface area contributed by atoms with Gasteiger partial charge in [0.25, 0.3) is 10.0 Å². The number of sulfonamides is 1. The highest BCUT2D eigenvalue weighted by Gasteiger charge is 2.28. The number of rotatable bonds is 7. The minimum atomic E-state index is -3.99. The van der Waals surface area contributed by atoms with E-state index in [0.717, 1.165) is 36.1 Å². The van der Waals surface area contributed by atoms with E-state index < -0.39 is 16.0 Å². The van der Waals surface area contributed by atoms with Crippen LogP contribution in [0.2, 0.25) is 5.02 Å². The lowest BCUT2D eigenvalue weighted by Crippen LogP contribution is -2.16. The van der Waals surface area contributed by atoms with Gasteiger partial charge in [-0.05, 0) is 74.6 Å². The van der Waals surface area contributed by atoms with E-state index in [1.54, 1.807) is 25.1 Å². The van der Waals surface area contributed by atoms with Crippen LogP contribution in [0.25, 0.3) is 11.0 Å². The molecule has 4 aromatic rings. The highest BCUT2D eigenvalue weighted by Crippen LogP contribution is 2.41. The first-order chi connectivity index (χ1) is 17.4. The zero-order valence-electron chi connectivity index (χ0n) is 19.4. The Morgan fingerprint density at radius 3 is 2.39 bits per heavy atom. The molecule has 0 saturated heterocycles. The van der Waals surface area contributed by atoms with Crippen LogP contribution in [0.5, 0.6) is 0 Å². The summed E-state index contributed by atoms with van der Waals surface area (Å²) in [6, 6.07) is 13.0. The van der Waals surface area contributed by atoms with Gasteiger partial charge in [-0.25, -0.2) is 23.2 Å². The lowest BCUT2D eigenvalue weighted by Gasteiger charge is -2.14. The van der Waals surface area contributed by atoms with Crippen molar-refractivity contribution in [2.24, 2.45) is 0 Å². The minimum Gasteiger partial charge on any atom is -0.462 e. The van der Waals surface area contributed by atoms with Crippen LogP contribution in [0.3, 0.4) is 0 Å². The molecule has 0 amide bonds. The highest BCUT2D eigenvalue weighted by atomic mass is 35.5. The number of carbonyl (C=O) groups excluding carboxylic acids is 1. The number of esters is 1. The molecule has 2 aromatic carbocycles.